The second kappa shape index (κ2) is 3.34. The van der Waals surface area contributed by atoms with E-state index >= 15 is 0 Å². The number of para-hydroxylation sites is 1. The number of aromatic amines is 1. The van der Waals surface area contributed by atoms with Crippen LogP contribution in [-0.4, -0.2) is 21.0 Å². The summed E-state index contributed by atoms with van der Waals surface area (Å²) < 4.78 is 0. The van der Waals surface area contributed by atoms with Crippen LogP contribution in [0.5, 0.6) is 0 Å². The zero-order valence-corrected chi connectivity index (χ0v) is 8.62. The van der Waals surface area contributed by atoms with E-state index in [4.69, 9.17) is 0 Å². The van der Waals surface area contributed by atoms with E-state index < -0.39 is 0 Å². The molecule has 2 rings (SSSR count). The molecule has 0 fully saturated rings. The van der Waals surface area contributed by atoms with Gasteiger partial charge in [-0.15, -0.1) is 0 Å². The molecule has 0 aliphatic heterocycles. The van der Waals surface area contributed by atoms with Crippen LogP contribution in [0.1, 0.15) is 5.56 Å². The van der Waals surface area contributed by atoms with Gasteiger partial charge < -0.3 is 0 Å². The van der Waals surface area contributed by atoms with Gasteiger partial charge in [-0.2, -0.15) is 0 Å². The summed E-state index contributed by atoms with van der Waals surface area (Å²) in [6, 6.07) is 8.43. The van der Waals surface area contributed by atoms with Crippen molar-refractivity contribution in [2.24, 2.45) is 0 Å². The predicted molar refractivity (Wildman–Crippen MR) is 54.0 cm³/mol. The van der Waals surface area contributed by atoms with Crippen LogP contribution in [0.4, 0.5) is 0 Å². The molecule has 0 bridgehead atoms. The van der Waals surface area contributed by atoms with E-state index in [1.807, 2.05) is 0 Å². The van der Waals surface area contributed by atoms with Crippen molar-refractivity contribution in [3.63, 3.8) is 0 Å². The Balaban J connectivity index is 2.55. The molecule has 0 radical (unpaired) electrons. The van der Waals surface area contributed by atoms with Gasteiger partial charge >= 0.3 is 79.7 Å². The van der Waals surface area contributed by atoms with Crippen molar-refractivity contribution in [2.45, 2.75) is 11.7 Å². The monoisotopic (exact) mass is 225 g/mol. The standard InChI is InChI=1S/C10H11NSe/c12-6-5-8-7-11-10-4-2-1-3-9(8)10/h1-4,7,11-12H,5-6H2. The molecule has 1 heterocycles. The van der Waals surface area contributed by atoms with Crippen LogP contribution < -0.4 is 0 Å². The molecule has 1 aromatic heterocycles. The Morgan fingerprint density at radius 2 is 2.08 bits per heavy atom. The number of aromatic nitrogens is 1. The normalized spacial score (nSPS) is 10.8. The van der Waals surface area contributed by atoms with Crippen molar-refractivity contribution >= 4 is 26.9 Å². The summed E-state index contributed by atoms with van der Waals surface area (Å²) in [6.07, 6.45) is 3.25. The van der Waals surface area contributed by atoms with Crippen LogP contribution in [0.25, 0.3) is 10.9 Å². The predicted octanol–water partition coefficient (Wildman–Crippen LogP) is 2.03. The van der Waals surface area contributed by atoms with Gasteiger partial charge in [-0.3, -0.25) is 0 Å². The summed E-state index contributed by atoms with van der Waals surface area (Å²) in [6.45, 7) is 0. The zero-order chi connectivity index (χ0) is 8.39. The van der Waals surface area contributed by atoms with Crippen molar-refractivity contribution in [1.29, 1.82) is 0 Å². The Kier molecular flexibility index (Phi) is 2.20. The molecule has 0 spiro atoms. The molecule has 62 valence electrons. The molecule has 1 N–H and O–H groups in total. The van der Waals surface area contributed by atoms with E-state index in [1.54, 1.807) is 0 Å². The molecule has 0 atom stereocenters. The number of H-pyrrole nitrogens is 1. The number of nitrogens with one attached hydrogen (secondary N) is 1. The van der Waals surface area contributed by atoms with Crippen LogP contribution in [-0.2, 0) is 6.42 Å². The summed E-state index contributed by atoms with van der Waals surface area (Å²) in [5.74, 6) is 0. The Hall–Kier alpha value is -0.721. The maximum absolute atomic E-state index is 3.27. The van der Waals surface area contributed by atoms with E-state index in [-0.39, 0.29) is 0 Å². The molecule has 2 heteroatoms. The first kappa shape index (κ1) is 7.90. The number of hydrogen-bond acceptors (Lipinski definition) is 0. The molecule has 12 heavy (non-hydrogen) atoms. The van der Waals surface area contributed by atoms with E-state index in [0.29, 0.717) is 0 Å². The average molecular weight is 224 g/mol. The molecule has 0 amide bonds. The van der Waals surface area contributed by atoms with Gasteiger partial charge in [-0.05, 0) is 0 Å². The van der Waals surface area contributed by atoms with Crippen LogP contribution in [0.3, 0.4) is 0 Å². The Labute approximate surface area is 80.0 Å². The van der Waals surface area contributed by atoms with Crippen molar-refractivity contribution in [2.75, 3.05) is 0 Å². The number of aryl methyl sites for hydroxylation is 1. The molecule has 0 saturated carbocycles. The molecule has 0 aliphatic carbocycles. The summed E-state index contributed by atoms with van der Waals surface area (Å²) in [5.41, 5.74) is 2.67. The number of rotatable bonds is 2. The van der Waals surface area contributed by atoms with E-state index in [2.05, 4.69) is 51.5 Å². The van der Waals surface area contributed by atoms with Gasteiger partial charge in [0, 0.05) is 0 Å². The van der Waals surface area contributed by atoms with Crippen LogP contribution in [0, 0.1) is 0 Å². The first-order valence-electron chi connectivity index (χ1n) is 4.07. The molecule has 2 aromatic rings. The zero-order valence-electron chi connectivity index (χ0n) is 6.75. The Morgan fingerprint density at radius 1 is 1.25 bits per heavy atom. The molecule has 1 aromatic carbocycles. The topological polar surface area (TPSA) is 15.8 Å². The van der Waals surface area contributed by atoms with Gasteiger partial charge in [-0.1, -0.05) is 0 Å². The fraction of sp³-hybridized carbons (Fsp3) is 0.200. The number of benzene rings is 1. The van der Waals surface area contributed by atoms with E-state index in [9.17, 15) is 0 Å². The second-order valence-electron chi connectivity index (χ2n) is 2.83. The first-order chi connectivity index (χ1) is 5.92. The quantitative estimate of drug-likeness (QED) is 0.751. The van der Waals surface area contributed by atoms with Gasteiger partial charge in [-0.25, -0.2) is 0 Å². The molecular formula is C10H11NSe. The third-order valence-corrected chi connectivity index (χ3v) is 2.53. The van der Waals surface area contributed by atoms with Crippen molar-refractivity contribution < 1.29 is 0 Å². The Bertz CT molecular complexity index is 378. The fourth-order valence-electron chi connectivity index (χ4n) is 1.46. The third kappa shape index (κ3) is 1.28. The maximum atomic E-state index is 3.27. The average Bonchev–Trinajstić information content (AvgIpc) is 2.50. The molecule has 0 unspecified atom stereocenters. The van der Waals surface area contributed by atoms with Crippen LogP contribution in [0.15, 0.2) is 30.5 Å². The molecular weight excluding hydrogens is 213 g/mol. The molecule has 0 saturated heterocycles. The van der Waals surface area contributed by atoms with Crippen molar-refractivity contribution in [3.05, 3.63) is 36.0 Å². The van der Waals surface area contributed by atoms with E-state index in [1.165, 1.54) is 16.5 Å². The van der Waals surface area contributed by atoms with Gasteiger partial charge in [0.2, 0.25) is 0 Å². The summed E-state index contributed by atoms with van der Waals surface area (Å²) in [5, 5.41) is 2.51. The van der Waals surface area contributed by atoms with Gasteiger partial charge in [0.15, 0.2) is 0 Å². The summed E-state index contributed by atoms with van der Waals surface area (Å²) in [4.78, 5) is 3.27. The Morgan fingerprint density at radius 3 is 2.92 bits per heavy atom. The van der Waals surface area contributed by atoms with Crippen LogP contribution >= 0.6 is 0 Å². The van der Waals surface area contributed by atoms with Gasteiger partial charge in [0.1, 0.15) is 0 Å². The van der Waals surface area contributed by atoms with Crippen molar-refractivity contribution in [1.82, 2.24) is 4.98 Å². The minimum atomic E-state index is 1.14. The summed E-state index contributed by atoms with van der Waals surface area (Å²) in [7, 11) is 0. The van der Waals surface area contributed by atoms with Crippen LogP contribution in [0.2, 0.25) is 5.32 Å². The fourth-order valence-corrected chi connectivity index (χ4v) is 1.96. The van der Waals surface area contributed by atoms with Gasteiger partial charge in [0.05, 0.1) is 0 Å². The number of fused-ring (bicyclic) bond motifs is 1. The minimum absolute atomic E-state index is 1.14. The SMILES string of the molecule is [SeH]CCc1c[nH]c2ccccc12. The third-order valence-electron chi connectivity index (χ3n) is 2.06. The molecule has 0 aliphatic rings. The number of hydrogen-bond donors (Lipinski definition) is 1. The van der Waals surface area contributed by atoms with Crippen molar-refractivity contribution in [3.8, 4) is 0 Å². The molecule has 1 nitrogen and oxygen atoms in total. The first-order valence-corrected chi connectivity index (χ1v) is 5.40. The van der Waals surface area contributed by atoms with Gasteiger partial charge in [0.25, 0.3) is 0 Å². The second-order valence-corrected chi connectivity index (χ2v) is 3.77. The van der Waals surface area contributed by atoms with E-state index in [0.717, 1.165) is 11.7 Å². The summed E-state index contributed by atoms with van der Waals surface area (Å²) >= 11 is 2.62.